The number of methoxy groups -OCH3 is 2. The molecule has 3 aromatic rings. The molecular weight excluding hydrogens is 438 g/mol. The van der Waals surface area contributed by atoms with Crippen LogP contribution < -0.4 is 20.5 Å². The van der Waals surface area contributed by atoms with Crippen LogP contribution in [0.3, 0.4) is 0 Å². The number of anilines is 2. The number of carbonyl (C=O) groups excluding carboxylic acids is 1. The summed E-state index contributed by atoms with van der Waals surface area (Å²) in [6.07, 6.45) is 0.492. The van der Waals surface area contributed by atoms with Crippen LogP contribution in [0.4, 0.5) is 11.6 Å². The van der Waals surface area contributed by atoms with Gasteiger partial charge in [0, 0.05) is 16.8 Å². The Hall–Kier alpha value is -2.91. The first kappa shape index (κ1) is 22.8. The molecule has 0 saturated carbocycles. The first-order valence-corrected chi connectivity index (χ1v) is 10.9. The van der Waals surface area contributed by atoms with Gasteiger partial charge in [0.25, 0.3) is 0 Å². The van der Waals surface area contributed by atoms with E-state index in [-0.39, 0.29) is 11.9 Å². The molecule has 3 N–H and O–H groups in total. The highest BCUT2D eigenvalue weighted by molar-refractivity contribution is 7.98. The molecule has 0 fully saturated rings. The van der Waals surface area contributed by atoms with Crippen molar-refractivity contribution in [1.82, 2.24) is 14.8 Å². The number of nitrogens with one attached hydrogen (secondary N) is 1. The minimum absolute atomic E-state index is 0.172. The van der Waals surface area contributed by atoms with Crippen LogP contribution in [0, 0.1) is 0 Å². The molecule has 1 heterocycles. The van der Waals surface area contributed by atoms with Crippen molar-refractivity contribution in [3.05, 3.63) is 53.1 Å². The second-order valence-corrected chi connectivity index (χ2v) is 7.92. The zero-order valence-electron chi connectivity index (χ0n) is 17.5. The second-order valence-electron chi connectivity index (χ2n) is 6.57. The molecule has 1 unspecified atom stereocenters. The van der Waals surface area contributed by atoms with Gasteiger partial charge in [0.05, 0.1) is 19.9 Å². The predicted octanol–water partition coefficient (Wildman–Crippen LogP) is 4.41. The molecule has 31 heavy (non-hydrogen) atoms. The summed E-state index contributed by atoms with van der Waals surface area (Å²) in [5.41, 5.74) is 7.56. The molecule has 2 aromatic carbocycles. The Balaban J connectivity index is 1.81. The van der Waals surface area contributed by atoms with E-state index in [4.69, 9.17) is 26.8 Å². The Bertz CT molecular complexity index is 1060. The standard InChI is InChI=1S/C21H24ClN5O3S/c1-4-17(19(28)24-16-10-9-14(29-2)11-18(16)30-3)27-20(23)25-26-21(27)31-12-13-7-5-6-8-15(13)22/h5-11,17H,4,12H2,1-3H3,(H2,23,25)(H,24,28). The van der Waals surface area contributed by atoms with Crippen molar-refractivity contribution in [2.24, 2.45) is 0 Å². The van der Waals surface area contributed by atoms with Crippen molar-refractivity contribution in [2.45, 2.75) is 30.3 Å². The Labute approximate surface area is 190 Å². The molecule has 0 radical (unpaired) electrons. The van der Waals surface area contributed by atoms with Crippen molar-refractivity contribution in [3.8, 4) is 11.5 Å². The van der Waals surface area contributed by atoms with Gasteiger partial charge < -0.3 is 20.5 Å². The summed E-state index contributed by atoms with van der Waals surface area (Å²) >= 11 is 7.67. The van der Waals surface area contributed by atoms with E-state index in [9.17, 15) is 4.79 Å². The van der Waals surface area contributed by atoms with Crippen LogP contribution in [-0.2, 0) is 10.5 Å². The molecule has 1 amide bonds. The van der Waals surface area contributed by atoms with E-state index in [2.05, 4.69) is 15.5 Å². The number of hydrogen-bond acceptors (Lipinski definition) is 7. The number of carbonyl (C=O) groups is 1. The zero-order chi connectivity index (χ0) is 22.4. The van der Waals surface area contributed by atoms with E-state index >= 15 is 0 Å². The number of thioether (sulfide) groups is 1. The van der Waals surface area contributed by atoms with Crippen LogP contribution in [-0.4, -0.2) is 34.9 Å². The number of ether oxygens (including phenoxy) is 2. The summed E-state index contributed by atoms with van der Waals surface area (Å²) in [5.74, 6) is 1.61. The number of aromatic nitrogens is 3. The lowest BCUT2D eigenvalue weighted by Crippen LogP contribution is -2.27. The van der Waals surface area contributed by atoms with E-state index in [1.54, 1.807) is 29.9 Å². The van der Waals surface area contributed by atoms with E-state index in [0.29, 0.717) is 39.5 Å². The zero-order valence-corrected chi connectivity index (χ0v) is 19.0. The summed E-state index contributed by atoms with van der Waals surface area (Å²) in [5, 5.41) is 12.3. The first-order valence-electron chi connectivity index (χ1n) is 9.57. The maximum absolute atomic E-state index is 13.1. The van der Waals surface area contributed by atoms with Crippen LogP contribution in [0.2, 0.25) is 5.02 Å². The van der Waals surface area contributed by atoms with Crippen molar-refractivity contribution in [1.29, 1.82) is 0 Å². The predicted molar refractivity (Wildman–Crippen MR) is 123 cm³/mol. The van der Waals surface area contributed by atoms with Gasteiger partial charge in [-0.25, -0.2) is 0 Å². The molecule has 0 aliphatic heterocycles. The van der Waals surface area contributed by atoms with Crippen LogP contribution in [0.15, 0.2) is 47.6 Å². The molecule has 0 aliphatic carbocycles. The number of nitrogens with zero attached hydrogens (tertiary/aromatic N) is 3. The lowest BCUT2D eigenvalue weighted by atomic mass is 10.2. The average Bonchev–Trinajstić information content (AvgIpc) is 3.14. The van der Waals surface area contributed by atoms with Crippen LogP contribution in [0.5, 0.6) is 11.5 Å². The third kappa shape index (κ3) is 5.23. The highest BCUT2D eigenvalue weighted by Gasteiger charge is 2.26. The Morgan fingerprint density at radius 2 is 2.00 bits per heavy atom. The molecule has 10 heteroatoms. The molecule has 164 valence electrons. The van der Waals surface area contributed by atoms with Gasteiger partial charge in [-0.2, -0.15) is 0 Å². The summed E-state index contributed by atoms with van der Waals surface area (Å²) in [7, 11) is 3.10. The van der Waals surface area contributed by atoms with Gasteiger partial charge in [-0.3, -0.25) is 9.36 Å². The maximum atomic E-state index is 13.1. The molecule has 0 spiro atoms. The van der Waals surface area contributed by atoms with Crippen molar-refractivity contribution in [2.75, 3.05) is 25.3 Å². The van der Waals surface area contributed by atoms with Gasteiger partial charge in [-0.15, -0.1) is 10.2 Å². The highest BCUT2D eigenvalue weighted by atomic mass is 35.5. The molecule has 8 nitrogen and oxygen atoms in total. The fraction of sp³-hybridized carbons (Fsp3) is 0.286. The third-order valence-corrected chi connectivity index (χ3v) is 6.03. The summed E-state index contributed by atoms with van der Waals surface area (Å²) in [6, 6.07) is 12.2. The Morgan fingerprint density at radius 3 is 2.68 bits per heavy atom. The number of benzene rings is 2. The second kappa shape index (κ2) is 10.4. The SMILES string of the molecule is CCC(C(=O)Nc1ccc(OC)cc1OC)n1c(N)nnc1SCc1ccccc1Cl. The molecule has 0 aliphatic rings. The minimum atomic E-state index is -0.601. The summed E-state index contributed by atoms with van der Waals surface area (Å²) in [6.45, 7) is 1.90. The lowest BCUT2D eigenvalue weighted by molar-refractivity contribution is -0.119. The topological polar surface area (TPSA) is 104 Å². The quantitative estimate of drug-likeness (QED) is 0.454. The van der Waals surface area contributed by atoms with Crippen LogP contribution in [0.25, 0.3) is 0 Å². The third-order valence-electron chi connectivity index (χ3n) is 4.67. The lowest BCUT2D eigenvalue weighted by Gasteiger charge is -2.20. The fourth-order valence-corrected chi connectivity index (χ4v) is 4.32. The Morgan fingerprint density at radius 1 is 1.23 bits per heavy atom. The van der Waals surface area contributed by atoms with Crippen molar-refractivity contribution in [3.63, 3.8) is 0 Å². The molecule has 1 atom stereocenters. The van der Waals surface area contributed by atoms with Crippen LogP contribution in [0.1, 0.15) is 24.9 Å². The van der Waals surface area contributed by atoms with Gasteiger partial charge in [0.2, 0.25) is 11.9 Å². The van der Waals surface area contributed by atoms with E-state index < -0.39 is 6.04 Å². The van der Waals surface area contributed by atoms with Crippen LogP contribution >= 0.6 is 23.4 Å². The normalized spacial score (nSPS) is 11.7. The number of rotatable bonds is 9. The largest absolute Gasteiger partial charge is 0.497 e. The molecule has 1 aromatic heterocycles. The van der Waals surface area contributed by atoms with Crippen molar-refractivity contribution >= 4 is 40.9 Å². The molecule has 0 saturated heterocycles. The average molecular weight is 462 g/mol. The number of hydrogen-bond donors (Lipinski definition) is 2. The molecule has 0 bridgehead atoms. The Kier molecular flexibility index (Phi) is 7.64. The maximum Gasteiger partial charge on any atom is 0.247 e. The summed E-state index contributed by atoms with van der Waals surface area (Å²) in [4.78, 5) is 13.1. The number of nitrogens with two attached hydrogens (primary N) is 1. The molecule has 3 rings (SSSR count). The summed E-state index contributed by atoms with van der Waals surface area (Å²) < 4.78 is 12.2. The number of nitrogen functional groups attached to an aromatic ring is 1. The van der Waals surface area contributed by atoms with Gasteiger partial charge in [-0.1, -0.05) is 48.5 Å². The smallest absolute Gasteiger partial charge is 0.247 e. The number of amides is 1. The van der Waals surface area contributed by atoms with E-state index in [1.165, 1.54) is 18.9 Å². The monoisotopic (exact) mass is 461 g/mol. The van der Waals surface area contributed by atoms with Gasteiger partial charge in [-0.05, 0) is 30.2 Å². The van der Waals surface area contributed by atoms with Gasteiger partial charge in [0.1, 0.15) is 17.5 Å². The highest BCUT2D eigenvalue weighted by Crippen LogP contribution is 2.32. The van der Waals surface area contributed by atoms with Crippen molar-refractivity contribution < 1.29 is 14.3 Å². The van der Waals surface area contributed by atoms with E-state index in [1.807, 2.05) is 31.2 Å². The number of halogens is 1. The minimum Gasteiger partial charge on any atom is -0.497 e. The van der Waals surface area contributed by atoms with E-state index in [0.717, 1.165) is 5.56 Å². The fourth-order valence-electron chi connectivity index (χ4n) is 3.04. The van der Waals surface area contributed by atoms with Gasteiger partial charge >= 0.3 is 0 Å². The molecular formula is C21H24ClN5O3S. The van der Waals surface area contributed by atoms with Gasteiger partial charge in [0.15, 0.2) is 5.16 Å². The first-order chi connectivity index (χ1) is 15.0.